The van der Waals surface area contributed by atoms with Crippen LogP contribution in [0.5, 0.6) is 0 Å². The van der Waals surface area contributed by atoms with Crippen molar-refractivity contribution in [3.05, 3.63) is 30.3 Å². The first-order valence-electron chi connectivity index (χ1n) is 4.10. The van der Waals surface area contributed by atoms with E-state index in [2.05, 4.69) is 18.8 Å². The lowest BCUT2D eigenvalue weighted by atomic mass is 10.0. The second kappa shape index (κ2) is 2.63. The highest BCUT2D eigenvalue weighted by atomic mass is 16.3. The van der Waals surface area contributed by atoms with Gasteiger partial charge in [0.1, 0.15) is 5.58 Å². The molecule has 12 heavy (non-hydrogen) atoms. The summed E-state index contributed by atoms with van der Waals surface area (Å²) in [5, 5.41) is 1.13. The van der Waals surface area contributed by atoms with Gasteiger partial charge in [0, 0.05) is 23.3 Å². The average Bonchev–Trinajstić information content (AvgIpc) is 2.47. The van der Waals surface area contributed by atoms with Gasteiger partial charge in [-0.1, -0.05) is 13.8 Å². The standard InChI is InChI=1S/C10H11NO/c1-7(2)9-6-12-10-3-4-11-5-8(9)10/h3-7H,1-2H3. The number of hydrogen-bond acceptors (Lipinski definition) is 2. The molecule has 2 aromatic heterocycles. The van der Waals surface area contributed by atoms with E-state index in [-0.39, 0.29) is 0 Å². The van der Waals surface area contributed by atoms with Gasteiger partial charge in [0.15, 0.2) is 0 Å². The Kier molecular flexibility index (Phi) is 1.61. The van der Waals surface area contributed by atoms with Crippen LogP contribution in [0.2, 0.25) is 0 Å². The van der Waals surface area contributed by atoms with Gasteiger partial charge in [-0.2, -0.15) is 0 Å². The lowest BCUT2D eigenvalue weighted by Crippen LogP contribution is -1.83. The van der Waals surface area contributed by atoms with Gasteiger partial charge in [-0.15, -0.1) is 0 Å². The Morgan fingerprint density at radius 2 is 2.25 bits per heavy atom. The van der Waals surface area contributed by atoms with Crippen LogP contribution in [-0.2, 0) is 0 Å². The highest BCUT2D eigenvalue weighted by Crippen LogP contribution is 2.25. The third-order valence-corrected chi connectivity index (χ3v) is 2.03. The van der Waals surface area contributed by atoms with Gasteiger partial charge in [-0.05, 0) is 12.0 Å². The van der Waals surface area contributed by atoms with E-state index in [0.717, 1.165) is 11.0 Å². The average molecular weight is 161 g/mol. The first-order chi connectivity index (χ1) is 5.79. The number of nitrogens with zero attached hydrogens (tertiary/aromatic N) is 1. The van der Waals surface area contributed by atoms with E-state index in [4.69, 9.17) is 4.42 Å². The van der Waals surface area contributed by atoms with Gasteiger partial charge < -0.3 is 4.42 Å². The number of aromatic nitrogens is 1. The second-order valence-electron chi connectivity index (χ2n) is 3.22. The van der Waals surface area contributed by atoms with Crippen LogP contribution in [0.3, 0.4) is 0 Å². The fourth-order valence-corrected chi connectivity index (χ4v) is 1.34. The lowest BCUT2D eigenvalue weighted by molar-refractivity contribution is 0.606. The van der Waals surface area contributed by atoms with Crippen molar-refractivity contribution >= 4 is 11.0 Å². The molecule has 2 rings (SSSR count). The number of pyridine rings is 1. The molecule has 2 aromatic rings. The van der Waals surface area contributed by atoms with Crippen molar-refractivity contribution in [1.29, 1.82) is 0 Å². The fourth-order valence-electron chi connectivity index (χ4n) is 1.34. The van der Waals surface area contributed by atoms with E-state index in [1.54, 1.807) is 6.20 Å². The molecular formula is C10H11NO. The third kappa shape index (κ3) is 0.998. The molecule has 0 atom stereocenters. The van der Waals surface area contributed by atoms with Crippen molar-refractivity contribution in [3.8, 4) is 0 Å². The molecule has 0 aromatic carbocycles. The molecule has 0 N–H and O–H groups in total. The predicted octanol–water partition coefficient (Wildman–Crippen LogP) is 2.95. The van der Waals surface area contributed by atoms with Crippen LogP contribution in [0.25, 0.3) is 11.0 Å². The van der Waals surface area contributed by atoms with Gasteiger partial charge in [-0.25, -0.2) is 0 Å². The van der Waals surface area contributed by atoms with E-state index in [9.17, 15) is 0 Å². The summed E-state index contributed by atoms with van der Waals surface area (Å²) in [4.78, 5) is 4.07. The van der Waals surface area contributed by atoms with Crippen molar-refractivity contribution in [2.75, 3.05) is 0 Å². The molecule has 0 aliphatic rings. The zero-order valence-electron chi connectivity index (χ0n) is 7.24. The Morgan fingerprint density at radius 1 is 1.42 bits per heavy atom. The highest BCUT2D eigenvalue weighted by molar-refractivity contribution is 5.80. The Hall–Kier alpha value is -1.31. The molecule has 62 valence electrons. The molecule has 0 bridgehead atoms. The molecule has 0 aliphatic heterocycles. The zero-order chi connectivity index (χ0) is 8.55. The monoisotopic (exact) mass is 161 g/mol. The minimum atomic E-state index is 0.496. The SMILES string of the molecule is CC(C)c1coc2ccncc12. The third-order valence-electron chi connectivity index (χ3n) is 2.03. The van der Waals surface area contributed by atoms with Gasteiger partial charge in [0.2, 0.25) is 0 Å². The summed E-state index contributed by atoms with van der Waals surface area (Å²) in [6.45, 7) is 4.30. The van der Waals surface area contributed by atoms with Crippen molar-refractivity contribution in [2.45, 2.75) is 19.8 Å². The van der Waals surface area contributed by atoms with Crippen molar-refractivity contribution in [3.63, 3.8) is 0 Å². The lowest BCUT2D eigenvalue weighted by Gasteiger charge is -1.98. The maximum Gasteiger partial charge on any atom is 0.137 e. The van der Waals surface area contributed by atoms with Crippen LogP contribution in [0.15, 0.2) is 29.1 Å². The normalized spacial score (nSPS) is 11.2. The molecular weight excluding hydrogens is 150 g/mol. The van der Waals surface area contributed by atoms with Crippen molar-refractivity contribution in [1.82, 2.24) is 4.98 Å². The van der Waals surface area contributed by atoms with Crippen molar-refractivity contribution in [2.24, 2.45) is 0 Å². The number of rotatable bonds is 1. The van der Waals surface area contributed by atoms with Crippen molar-refractivity contribution < 1.29 is 4.42 Å². The molecule has 2 heteroatoms. The largest absolute Gasteiger partial charge is 0.464 e. The Bertz CT molecular complexity index is 389. The number of fused-ring (bicyclic) bond motifs is 1. The summed E-state index contributed by atoms with van der Waals surface area (Å²) in [6, 6.07) is 1.89. The minimum absolute atomic E-state index is 0.496. The molecule has 0 spiro atoms. The van der Waals surface area contributed by atoms with E-state index in [1.807, 2.05) is 18.5 Å². The molecule has 0 unspecified atom stereocenters. The Balaban J connectivity index is 2.70. The summed E-state index contributed by atoms with van der Waals surface area (Å²) in [5.74, 6) is 0.496. The summed E-state index contributed by atoms with van der Waals surface area (Å²) >= 11 is 0. The molecule has 0 fully saturated rings. The molecule has 2 heterocycles. The summed E-state index contributed by atoms with van der Waals surface area (Å²) in [5.41, 5.74) is 2.16. The molecule has 0 radical (unpaired) electrons. The summed E-state index contributed by atoms with van der Waals surface area (Å²) < 4.78 is 5.37. The van der Waals surface area contributed by atoms with Gasteiger partial charge in [0.25, 0.3) is 0 Å². The van der Waals surface area contributed by atoms with Crippen LogP contribution in [0.1, 0.15) is 25.3 Å². The molecule has 0 aliphatic carbocycles. The quantitative estimate of drug-likeness (QED) is 0.642. The zero-order valence-corrected chi connectivity index (χ0v) is 7.24. The first kappa shape index (κ1) is 7.35. The van der Waals surface area contributed by atoms with Crippen LogP contribution in [-0.4, -0.2) is 4.98 Å². The van der Waals surface area contributed by atoms with Crippen LogP contribution in [0.4, 0.5) is 0 Å². The first-order valence-corrected chi connectivity index (χ1v) is 4.10. The smallest absolute Gasteiger partial charge is 0.137 e. The predicted molar refractivity (Wildman–Crippen MR) is 48.1 cm³/mol. The van der Waals surface area contributed by atoms with E-state index in [1.165, 1.54) is 5.56 Å². The van der Waals surface area contributed by atoms with Gasteiger partial charge in [0.05, 0.1) is 6.26 Å². The fraction of sp³-hybridized carbons (Fsp3) is 0.300. The molecule has 2 nitrogen and oxygen atoms in total. The van der Waals surface area contributed by atoms with Crippen LogP contribution >= 0.6 is 0 Å². The number of hydrogen-bond donors (Lipinski definition) is 0. The highest BCUT2D eigenvalue weighted by Gasteiger charge is 2.07. The van der Waals surface area contributed by atoms with E-state index in [0.29, 0.717) is 5.92 Å². The Morgan fingerprint density at radius 3 is 3.00 bits per heavy atom. The van der Waals surface area contributed by atoms with Crippen LogP contribution < -0.4 is 0 Å². The molecule has 0 amide bonds. The maximum absolute atomic E-state index is 5.37. The summed E-state index contributed by atoms with van der Waals surface area (Å²) in [7, 11) is 0. The van der Waals surface area contributed by atoms with E-state index < -0.39 is 0 Å². The molecule has 0 saturated carbocycles. The topological polar surface area (TPSA) is 26.0 Å². The summed E-state index contributed by atoms with van der Waals surface area (Å²) in [6.07, 6.45) is 5.42. The minimum Gasteiger partial charge on any atom is -0.464 e. The van der Waals surface area contributed by atoms with Crippen LogP contribution in [0, 0.1) is 0 Å². The van der Waals surface area contributed by atoms with E-state index >= 15 is 0 Å². The number of furan rings is 1. The Labute approximate surface area is 71.2 Å². The van der Waals surface area contributed by atoms with Gasteiger partial charge >= 0.3 is 0 Å². The van der Waals surface area contributed by atoms with Gasteiger partial charge in [-0.3, -0.25) is 4.98 Å². The second-order valence-corrected chi connectivity index (χ2v) is 3.22. The molecule has 0 saturated heterocycles. The maximum atomic E-state index is 5.37.